The number of benzene rings is 2. The van der Waals surface area contributed by atoms with Gasteiger partial charge < -0.3 is 9.47 Å². The number of carbonyl (C=O) groups is 2. The second-order valence-corrected chi connectivity index (χ2v) is 7.24. The minimum Gasteiger partial charge on any atom is -0.496 e. The summed E-state index contributed by atoms with van der Waals surface area (Å²) in [5, 5.41) is 2.38. The standard InChI is InChI=1S/C21H22BrN3O4S/c1-3-14-8-10-18(16(22)12-14)29-13-20(27)24-25-21(30)23-19(26)11-9-15-6-4-5-7-17(15)28-2/h4-12H,3,13H2,1-2H3,(H,24,27)(H2,23,25,26,30)/b11-9+. The first-order valence-corrected chi connectivity index (χ1v) is 10.2. The molecule has 2 aromatic rings. The fourth-order valence-electron chi connectivity index (χ4n) is 2.34. The van der Waals surface area contributed by atoms with Gasteiger partial charge in [-0.25, -0.2) is 0 Å². The summed E-state index contributed by atoms with van der Waals surface area (Å²) in [5.41, 5.74) is 6.72. The molecule has 0 aromatic heterocycles. The third-order valence-corrected chi connectivity index (χ3v) is 4.69. The lowest BCUT2D eigenvalue weighted by molar-refractivity contribution is -0.123. The molecular weight excluding hydrogens is 470 g/mol. The minimum atomic E-state index is -0.456. The van der Waals surface area contributed by atoms with E-state index in [1.807, 2.05) is 30.3 Å². The van der Waals surface area contributed by atoms with Crippen molar-refractivity contribution in [2.45, 2.75) is 13.3 Å². The molecule has 2 amide bonds. The highest BCUT2D eigenvalue weighted by Gasteiger charge is 2.08. The van der Waals surface area contributed by atoms with Crippen molar-refractivity contribution >= 4 is 51.2 Å². The first kappa shape index (κ1) is 23.4. The van der Waals surface area contributed by atoms with Crippen LogP contribution < -0.4 is 25.6 Å². The lowest BCUT2D eigenvalue weighted by Crippen LogP contribution is -2.49. The molecule has 158 valence electrons. The van der Waals surface area contributed by atoms with E-state index >= 15 is 0 Å². The number of hydrogen-bond acceptors (Lipinski definition) is 5. The molecule has 2 aromatic carbocycles. The van der Waals surface area contributed by atoms with Gasteiger partial charge in [0.2, 0.25) is 5.91 Å². The summed E-state index contributed by atoms with van der Waals surface area (Å²) in [6.45, 7) is 1.83. The van der Waals surface area contributed by atoms with Gasteiger partial charge in [0.15, 0.2) is 11.7 Å². The fourth-order valence-corrected chi connectivity index (χ4v) is 3.03. The predicted molar refractivity (Wildman–Crippen MR) is 123 cm³/mol. The molecule has 0 spiro atoms. The maximum absolute atomic E-state index is 12.0. The molecule has 0 fully saturated rings. The molecule has 0 unspecified atom stereocenters. The zero-order valence-corrected chi connectivity index (χ0v) is 18.9. The highest BCUT2D eigenvalue weighted by molar-refractivity contribution is 9.10. The molecule has 0 radical (unpaired) electrons. The van der Waals surface area contributed by atoms with E-state index in [1.165, 1.54) is 6.08 Å². The van der Waals surface area contributed by atoms with Crippen molar-refractivity contribution in [3.63, 3.8) is 0 Å². The van der Waals surface area contributed by atoms with Crippen LogP contribution in [0.4, 0.5) is 0 Å². The Hall–Kier alpha value is -2.91. The smallest absolute Gasteiger partial charge is 0.276 e. The van der Waals surface area contributed by atoms with Crippen molar-refractivity contribution < 1.29 is 19.1 Å². The average Bonchev–Trinajstić information content (AvgIpc) is 2.75. The van der Waals surface area contributed by atoms with Crippen molar-refractivity contribution in [1.29, 1.82) is 0 Å². The van der Waals surface area contributed by atoms with E-state index in [0.29, 0.717) is 11.5 Å². The number of halogens is 1. The Labute approximate surface area is 188 Å². The van der Waals surface area contributed by atoms with Crippen LogP contribution in [-0.2, 0) is 16.0 Å². The SMILES string of the molecule is CCc1ccc(OCC(=O)NNC(=S)NC(=O)/C=C/c2ccccc2OC)c(Br)c1. The number of hydrazine groups is 1. The Kier molecular flexibility index (Phi) is 9.30. The molecule has 0 saturated heterocycles. The molecular formula is C21H22BrN3O4S. The van der Waals surface area contributed by atoms with Gasteiger partial charge in [0, 0.05) is 11.6 Å². The molecule has 0 aliphatic rings. The third-order valence-electron chi connectivity index (χ3n) is 3.87. The summed E-state index contributed by atoms with van der Waals surface area (Å²) in [6, 6.07) is 12.9. The van der Waals surface area contributed by atoms with Gasteiger partial charge in [0.05, 0.1) is 11.6 Å². The van der Waals surface area contributed by atoms with Gasteiger partial charge in [-0.05, 0) is 64.4 Å². The minimum absolute atomic E-state index is 0.0495. The Balaban J connectivity index is 1.75. The Bertz CT molecular complexity index is 950. The average molecular weight is 492 g/mol. The fraction of sp³-hybridized carbons (Fsp3) is 0.190. The molecule has 2 rings (SSSR count). The van der Waals surface area contributed by atoms with Crippen LogP contribution in [0.2, 0.25) is 0 Å². The molecule has 0 bridgehead atoms. The number of thiocarbonyl (C=S) groups is 1. The third kappa shape index (κ3) is 7.49. The summed E-state index contributed by atoms with van der Waals surface area (Å²) in [6.07, 6.45) is 3.82. The number of aryl methyl sites for hydroxylation is 1. The number of para-hydroxylation sites is 1. The van der Waals surface area contributed by atoms with Gasteiger partial charge in [-0.3, -0.25) is 25.8 Å². The molecule has 9 heteroatoms. The normalized spacial score (nSPS) is 10.4. The molecule has 0 aliphatic heterocycles. The number of hydrogen-bond donors (Lipinski definition) is 3. The van der Waals surface area contributed by atoms with Crippen LogP contribution >= 0.6 is 28.1 Å². The molecule has 3 N–H and O–H groups in total. The monoisotopic (exact) mass is 491 g/mol. The summed E-state index contributed by atoms with van der Waals surface area (Å²) in [5.74, 6) is 0.289. The van der Waals surface area contributed by atoms with Gasteiger partial charge in [-0.1, -0.05) is 31.2 Å². The molecule has 7 nitrogen and oxygen atoms in total. The zero-order chi connectivity index (χ0) is 21.9. The van der Waals surface area contributed by atoms with Crippen molar-refractivity contribution in [2.75, 3.05) is 13.7 Å². The van der Waals surface area contributed by atoms with E-state index in [1.54, 1.807) is 25.3 Å². The molecule has 0 aliphatic carbocycles. The number of carbonyl (C=O) groups excluding carboxylic acids is 2. The quantitative estimate of drug-likeness (QED) is 0.313. The molecule has 0 saturated carbocycles. The molecule has 30 heavy (non-hydrogen) atoms. The topological polar surface area (TPSA) is 88.7 Å². The van der Waals surface area contributed by atoms with Gasteiger partial charge in [0.1, 0.15) is 11.5 Å². The number of ether oxygens (including phenoxy) is 2. The van der Waals surface area contributed by atoms with Crippen LogP contribution in [-0.4, -0.2) is 30.6 Å². The van der Waals surface area contributed by atoms with Crippen molar-refractivity contribution in [3.8, 4) is 11.5 Å². The van der Waals surface area contributed by atoms with Crippen molar-refractivity contribution in [3.05, 3.63) is 64.1 Å². The molecule has 0 heterocycles. The largest absolute Gasteiger partial charge is 0.496 e. The number of rotatable bonds is 7. The summed E-state index contributed by atoms with van der Waals surface area (Å²) >= 11 is 8.40. The highest BCUT2D eigenvalue weighted by atomic mass is 79.9. The van der Waals surface area contributed by atoms with Gasteiger partial charge in [0.25, 0.3) is 5.91 Å². The van der Waals surface area contributed by atoms with Gasteiger partial charge in [-0.15, -0.1) is 0 Å². The Morgan fingerprint density at radius 1 is 1.13 bits per heavy atom. The Morgan fingerprint density at radius 3 is 2.60 bits per heavy atom. The van der Waals surface area contributed by atoms with Gasteiger partial charge in [-0.2, -0.15) is 0 Å². The van der Waals surface area contributed by atoms with Crippen LogP contribution in [0.5, 0.6) is 11.5 Å². The van der Waals surface area contributed by atoms with Crippen molar-refractivity contribution in [1.82, 2.24) is 16.2 Å². The van der Waals surface area contributed by atoms with Crippen LogP contribution in [0.15, 0.2) is 53.0 Å². The van der Waals surface area contributed by atoms with Gasteiger partial charge >= 0.3 is 0 Å². The Morgan fingerprint density at radius 2 is 1.90 bits per heavy atom. The van der Waals surface area contributed by atoms with Crippen LogP contribution in [0.25, 0.3) is 6.08 Å². The second-order valence-electron chi connectivity index (χ2n) is 5.97. The van der Waals surface area contributed by atoms with E-state index in [9.17, 15) is 9.59 Å². The van der Waals surface area contributed by atoms with E-state index < -0.39 is 11.8 Å². The van der Waals surface area contributed by atoms with Crippen LogP contribution in [0, 0.1) is 0 Å². The summed E-state index contributed by atoms with van der Waals surface area (Å²) in [7, 11) is 1.55. The number of methoxy groups -OCH3 is 1. The number of nitrogens with one attached hydrogen (secondary N) is 3. The maximum atomic E-state index is 12.0. The first-order valence-electron chi connectivity index (χ1n) is 9.05. The van der Waals surface area contributed by atoms with Crippen LogP contribution in [0.1, 0.15) is 18.1 Å². The van der Waals surface area contributed by atoms with E-state index in [2.05, 4.69) is 39.0 Å². The first-order chi connectivity index (χ1) is 14.4. The predicted octanol–water partition coefficient (Wildman–Crippen LogP) is 3.13. The van der Waals surface area contributed by atoms with E-state index in [4.69, 9.17) is 21.7 Å². The molecule has 0 atom stereocenters. The summed E-state index contributed by atoms with van der Waals surface area (Å²) < 4.78 is 11.5. The second kappa shape index (κ2) is 11.9. The zero-order valence-electron chi connectivity index (χ0n) is 16.5. The van der Waals surface area contributed by atoms with Crippen LogP contribution in [0.3, 0.4) is 0 Å². The number of amides is 2. The van der Waals surface area contributed by atoms with E-state index in [0.717, 1.165) is 22.0 Å². The highest BCUT2D eigenvalue weighted by Crippen LogP contribution is 2.26. The van der Waals surface area contributed by atoms with E-state index in [-0.39, 0.29) is 11.7 Å². The lowest BCUT2D eigenvalue weighted by atomic mass is 10.2. The lowest BCUT2D eigenvalue weighted by Gasteiger charge is -2.11. The summed E-state index contributed by atoms with van der Waals surface area (Å²) in [4.78, 5) is 23.9. The maximum Gasteiger partial charge on any atom is 0.276 e. The van der Waals surface area contributed by atoms with Crippen molar-refractivity contribution in [2.24, 2.45) is 0 Å².